The number of carbonyl (C=O) groups is 1. The van der Waals surface area contributed by atoms with Crippen LogP contribution in [-0.4, -0.2) is 18.1 Å². The molecule has 0 bridgehead atoms. The number of benzene rings is 1. The average molecular weight is 229 g/mol. The van der Waals surface area contributed by atoms with Crippen LogP contribution >= 0.6 is 0 Å². The molecule has 2 aromatic rings. The van der Waals surface area contributed by atoms with Gasteiger partial charge in [0, 0.05) is 17.8 Å². The first-order valence-electron chi connectivity index (χ1n) is 5.59. The maximum absolute atomic E-state index is 11.6. The standard InChI is InChI=1S/C14H15NO2/c1-9(2)10-4-5-12-11(6-10)7-15-8-13(12)14(16)17-3/h4-9H,1-3H3. The number of pyridine rings is 1. The van der Waals surface area contributed by atoms with Crippen molar-refractivity contribution in [3.8, 4) is 0 Å². The van der Waals surface area contributed by atoms with Crippen molar-refractivity contribution in [2.75, 3.05) is 7.11 Å². The Bertz CT molecular complexity index is 561. The van der Waals surface area contributed by atoms with Gasteiger partial charge in [0.2, 0.25) is 0 Å². The summed E-state index contributed by atoms with van der Waals surface area (Å²) in [6.45, 7) is 4.28. The second-order valence-electron chi connectivity index (χ2n) is 4.31. The van der Waals surface area contributed by atoms with E-state index in [9.17, 15) is 4.79 Å². The molecule has 0 atom stereocenters. The second-order valence-corrected chi connectivity index (χ2v) is 4.31. The fourth-order valence-corrected chi connectivity index (χ4v) is 1.83. The van der Waals surface area contributed by atoms with Crippen molar-refractivity contribution in [2.24, 2.45) is 0 Å². The Morgan fingerprint density at radius 1 is 1.29 bits per heavy atom. The highest BCUT2D eigenvalue weighted by molar-refractivity contribution is 6.03. The molecule has 3 nitrogen and oxygen atoms in total. The molecule has 0 aliphatic rings. The van der Waals surface area contributed by atoms with Crippen LogP contribution in [0.3, 0.4) is 0 Å². The topological polar surface area (TPSA) is 39.2 Å². The van der Waals surface area contributed by atoms with Gasteiger partial charge >= 0.3 is 5.97 Å². The van der Waals surface area contributed by atoms with Crippen LogP contribution in [0.2, 0.25) is 0 Å². The highest BCUT2D eigenvalue weighted by Gasteiger charge is 2.11. The van der Waals surface area contributed by atoms with Gasteiger partial charge in [0.05, 0.1) is 12.7 Å². The number of fused-ring (bicyclic) bond motifs is 1. The molecule has 1 aromatic heterocycles. The summed E-state index contributed by atoms with van der Waals surface area (Å²) in [4.78, 5) is 15.7. The minimum absolute atomic E-state index is 0.347. The zero-order chi connectivity index (χ0) is 12.4. The molecule has 0 spiro atoms. The van der Waals surface area contributed by atoms with Crippen LogP contribution < -0.4 is 0 Å². The van der Waals surface area contributed by atoms with Gasteiger partial charge in [0.1, 0.15) is 0 Å². The molecule has 0 saturated carbocycles. The SMILES string of the molecule is COC(=O)c1cncc2cc(C(C)C)ccc12. The molecular formula is C14H15NO2. The van der Waals surface area contributed by atoms with Crippen LogP contribution in [0.25, 0.3) is 10.8 Å². The Kier molecular flexibility index (Phi) is 3.09. The van der Waals surface area contributed by atoms with Crippen LogP contribution in [0, 0.1) is 0 Å². The van der Waals surface area contributed by atoms with Gasteiger partial charge in [-0.3, -0.25) is 4.98 Å². The lowest BCUT2D eigenvalue weighted by molar-refractivity contribution is 0.0602. The quantitative estimate of drug-likeness (QED) is 0.742. The first-order chi connectivity index (χ1) is 8.13. The van der Waals surface area contributed by atoms with Crippen molar-refractivity contribution in [3.63, 3.8) is 0 Å². The molecule has 88 valence electrons. The van der Waals surface area contributed by atoms with Crippen molar-refractivity contribution >= 4 is 16.7 Å². The zero-order valence-electron chi connectivity index (χ0n) is 10.2. The molecule has 3 heteroatoms. The number of methoxy groups -OCH3 is 1. The lowest BCUT2D eigenvalue weighted by Gasteiger charge is -2.08. The van der Waals surface area contributed by atoms with Crippen LogP contribution in [0.5, 0.6) is 0 Å². The minimum Gasteiger partial charge on any atom is -0.465 e. The van der Waals surface area contributed by atoms with Gasteiger partial charge in [-0.15, -0.1) is 0 Å². The lowest BCUT2D eigenvalue weighted by atomic mass is 9.98. The summed E-state index contributed by atoms with van der Waals surface area (Å²) >= 11 is 0. The third kappa shape index (κ3) is 2.13. The predicted molar refractivity (Wildman–Crippen MR) is 67.2 cm³/mol. The zero-order valence-corrected chi connectivity index (χ0v) is 10.2. The molecule has 1 heterocycles. The van der Waals surface area contributed by atoms with Gasteiger partial charge in [-0.2, -0.15) is 0 Å². The number of rotatable bonds is 2. The van der Waals surface area contributed by atoms with Crippen LogP contribution in [0.1, 0.15) is 35.7 Å². The average Bonchev–Trinajstić information content (AvgIpc) is 2.36. The van der Waals surface area contributed by atoms with Gasteiger partial charge in [0.15, 0.2) is 0 Å². The lowest BCUT2D eigenvalue weighted by Crippen LogP contribution is -2.03. The minimum atomic E-state index is -0.347. The molecule has 0 amide bonds. The van der Waals surface area contributed by atoms with E-state index in [1.807, 2.05) is 12.1 Å². The molecule has 0 unspecified atom stereocenters. The van der Waals surface area contributed by atoms with Gasteiger partial charge in [-0.1, -0.05) is 26.0 Å². The smallest absolute Gasteiger partial charge is 0.340 e. The Labute approximate surface area is 100 Å². The van der Waals surface area contributed by atoms with Gasteiger partial charge in [-0.25, -0.2) is 4.79 Å². The van der Waals surface area contributed by atoms with Crippen LogP contribution in [-0.2, 0) is 4.74 Å². The number of ether oxygens (including phenoxy) is 1. The molecule has 0 radical (unpaired) electrons. The highest BCUT2D eigenvalue weighted by atomic mass is 16.5. The summed E-state index contributed by atoms with van der Waals surface area (Å²) in [5.74, 6) is 0.113. The normalized spacial score (nSPS) is 10.8. The van der Waals surface area contributed by atoms with Crippen molar-refractivity contribution < 1.29 is 9.53 Å². The molecular weight excluding hydrogens is 214 g/mol. The van der Waals surface area contributed by atoms with E-state index in [4.69, 9.17) is 4.74 Å². The summed E-state index contributed by atoms with van der Waals surface area (Å²) in [7, 11) is 1.38. The van der Waals surface area contributed by atoms with Crippen LogP contribution in [0.15, 0.2) is 30.6 Å². The maximum atomic E-state index is 11.6. The molecule has 1 aromatic carbocycles. The molecule has 0 fully saturated rings. The molecule has 17 heavy (non-hydrogen) atoms. The third-order valence-electron chi connectivity index (χ3n) is 2.86. The van der Waals surface area contributed by atoms with E-state index in [1.165, 1.54) is 12.7 Å². The number of hydrogen-bond acceptors (Lipinski definition) is 3. The highest BCUT2D eigenvalue weighted by Crippen LogP contribution is 2.23. The fourth-order valence-electron chi connectivity index (χ4n) is 1.83. The first kappa shape index (κ1) is 11.6. The van der Waals surface area contributed by atoms with Gasteiger partial charge < -0.3 is 4.74 Å². The fraction of sp³-hybridized carbons (Fsp3) is 0.286. The van der Waals surface area contributed by atoms with E-state index < -0.39 is 0 Å². The summed E-state index contributed by atoms with van der Waals surface area (Å²) in [6.07, 6.45) is 3.32. The van der Waals surface area contributed by atoms with Crippen molar-refractivity contribution in [1.82, 2.24) is 4.98 Å². The van der Waals surface area contributed by atoms with Crippen molar-refractivity contribution in [1.29, 1.82) is 0 Å². The molecule has 0 saturated heterocycles. The maximum Gasteiger partial charge on any atom is 0.340 e. The number of aromatic nitrogens is 1. The van der Waals surface area contributed by atoms with E-state index in [-0.39, 0.29) is 5.97 Å². The van der Waals surface area contributed by atoms with Gasteiger partial charge in [0.25, 0.3) is 0 Å². The Morgan fingerprint density at radius 3 is 2.71 bits per heavy atom. The van der Waals surface area contributed by atoms with E-state index in [0.29, 0.717) is 11.5 Å². The van der Waals surface area contributed by atoms with E-state index in [0.717, 1.165) is 10.8 Å². The number of esters is 1. The molecule has 0 aliphatic heterocycles. The summed E-state index contributed by atoms with van der Waals surface area (Å²) in [5.41, 5.74) is 1.75. The summed E-state index contributed by atoms with van der Waals surface area (Å²) < 4.78 is 4.74. The summed E-state index contributed by atoms with van der Waals surface area (Å²) in [6, 6.07) is 6.07. The first-order valence-corrected chi connectivity index (χ1v) is 5.59. The molecule has 2 rings (SSSR count). The van der Waals surface area contributed by atoms with Crippen LogP contribution in [0.4, 0.5) is 0 Å². The van der Waals surface area contributed by atoms with Crippen molar-refractivity contribution in [3.05, 3.63) is 41.7 Å². The Morgan fingerprint density at radius 2 is 2.06 bits per heavy atom. The monoisotopic (exact) mass is 229 g/mol. The largest absolute Gasteiger partial charge is 0.465 e. The van der Waals surface area contributed by atoms with Gasteiger partial charge in [-0.05, 0) is 22.9 Å². The second kappa shape index (κ2) is 4.53. The summed E-state index contributed by atoms with van der Waals surface area (Å²) in [5, 5.41) is 1.86. The van der Waals surface area contributed by atoms with E-state index >= 15 is 0 Å². The predicted octanol–water partition coefficient (Wildman–Crippen LogP) is 3.14. The number of hydrogen-bond donors (Lipinski definition) is 0. The third-order valence-corrected chi connectivity index (χ3v) is 2.86. The Balaban J connectivity index is 2.63. The Hall–Kier alpha value is -1.90. The van der Waals surface area contributed by atoms with E-state index in [2.05, 4.69) is 24.9 Å². The number of carbonyl (C=O) groups excluding carboxylic acids is 1. The molecule has 0 aliphatic carbocycles. The van der Waals surface area contributed by atoms with E-state index in [1.54, 1.807) is 12.4 Å². The molecule has 0 N–H and O–H groups in total. The number of nitrogens with zero attached hydrogens (tertiary/aromatic N) is 1. The van der Waals surface area contributed by atoms with Crippen molar-refractivity contribution in [2.45, 2.75) is 19.8 Å².